The van der Waals surface area contributed by atoms with Gasteiger partial charge in [-0.1, -0.05) is 19.9 Å². The monoisotopic (exact) mass is 156 g/mol. The van der Waals surface area contributed by atoms with Crippen molar-refractivity contribution in [3.05, 3.63) is 11.6 Å². The van der Waals surface area contributed by atoms with Crippen molar-refractivity contribution in [1.29, 1.82) is 0 Å². The first kappa shape index (κ1) is 10.4. The summed E-state index contributed by atoms with van der Waals surface area (Å²) in [5, 5.41) is 9.27. The average molecular weight is 156 g/mol. The van der Waals surface area contributed by atoms with E-state index in [1.165, 1.54) is 0 Å². The number of aldehydes is 1. The lowest BCUT2D eigenvalue weighted by atomic mass is 10.0. The molecule has 0 aromatic rings. The zero-order valence-corrected chi connectivity index (χ0v) is 7.37. The summed E-state index contributed by atoms with van der Waals surface area (Å²) in [7, 11) is 0. The van der Waals surface area contributed by atoms with E-state index in [1.807, 2.05) is 26.8 Å². The van der Waals surface area contributed by atoms with Crippen molar-refractivity contribution in [2.75, 3.05) is 0 Å². The molecule has 0 aromatic heterocycles. The van der Waals surface area contributed by atoms with E-state index in [0.717, 1.165) is 11.9 Å². The van der Waals surface area contributed by atoms with Crippen LogP contribution in [0.4, 0.5) is 0 Å². The fraction of sp³-hybridized carbons (Fsp3) is 0.667. The fourth-order valence-electron chi connectivity index (χ4n) is 0.914. The first-order chi connectivity index (χ1) is 5.07. The lowest BCUT2D eigenvalue weighted by Gasteiger charge is -2.08. The van der Waals surface area contributed by atoms with Gasteiger partial charge in [-0.15, -0.1) is 0 Å². The summed E-state index contributed by atoms with van der Waals surface area (Å²) in [4.78, 5) is 10.0. The lowest BCUT2D eigenvalue weighted by Crippen LogP contribution is -2.09. The molecule has 0 amide bonds. The highest BCUT2D eigenvalue weighted by Crippen LogP contribution is 2.07. The van der Waals surface area contributed by atoms with Crippen molar-refractivity contribution in [3.63, 3.8) is 0 Å². The molecule has 0 aromatic carbocycles. The van der Waals surface area contributed by atoms with Gasteiger partial charge in [0.25, 0.3) is 0 Å². The second kappa shape index (κ2) is 5.08. The maximum atomic E-state index is 10.0. The van der Waals surface area contributed by atoms with E-state index >= 15 is 0 Å². The molecule has 0 aliphatic carbocycles. The van der Waals surface area contributed by atoms with Gasteiger partial charge in [-0.05, 0) is 18.4 Å². The number of rotatable bonds is 4. The molecule has 11 heavy (non-hydrogen) atoms. The molecule has 0 rings (SSSR count). The normalized spacial score (nSPS) is 15.2. The summed E-state index contributed by atoms with van der Waals surface area (Å²) >= 11 is 0. The topological polar surface area (TPSA) is 37.3 Å². The van der Waals surface area contributed by atoms with Crippen LogP contribution in [0.2, 0.25) is 0 Å². The Morgan fingerprint density at radius 1 is 1.55 bits per heavy atom. The Morgan fingerprint density at radius 3 is 2.45 bits per heavy atom. The van der Waals surface area contributed by atoms with Gasteiger partial charge in [-0.25, -0.2) is 0 Å². The average Bonchev–Trinajstić information content (AvgIpc) is 1.86. The molecule has 0 aliphatic rings. The van der Waals surface area contributed by atoms with Gasteiger partial charge in [0.2, 0.25) is 0 Å². The number of aliphatic hydroxyl groups is 1. The van der Waals surface area contributed by atoms with Crippen LogP contribution in [0.3, 0.4) is 0 Å². The third kappa shape index (κ3) is 4.73. The number of carbonyl (C=O) groups excluding carboxylic acids is 1. The molecule has 1 unspecified atom stereocenters. The van der Waals surface area contributed by atoms with Crippen molar-refractivity contribution in [3.8, 4) is 0 Å². The van der Waals surface area contributed by atoms with Gasteiger partial charge in [-0.3, -0.25) is 0 Å². The SMILES string of the molecule is CC(=CC(C)C)C(O)CC=O. The number of allylic oxidation sites excluding steroid dienone is 1. The van der Waals surface area contributed by atoms with Crippen LogP contribution < -0.4 is 0 Å². The molecular formula is C9H16O2. The smallest absolute Gasteiger partial charge is 0.122 e. The van der Waals surface area contributed by atoms with Crippen LogP contribution in [0.1, 0.15) is 27.2 Å². The Morgan fingerprint density at radius 2 is 2.09 bits per heavy atom. The van der Waals surface area contributed by atoms with Crippen molar-refractivity contribution in [1.82, 2.24) is 0 Å². The van der Waals surface area contributed by atoms with Gasteiger partial charge in [-0.2, -0.15) is 0 Å². The van der Waals surface area contributed by atoms with Crippen molar-refractivity contribution in [2.45, 2.75) is 33.3 Å². The molecule has 0 saturated heterocycles. The van der Waals surface area contributed by atoms with Crippen LogP contribution in [0, 0.1) is 5.92 Å². The van der Waals surface area contributed by atoms with Crippen molar-refractivity contribution < 1.29 is 9.90 Å². The Labute approximate surface area is 67.9 Å². The minimum Gasteiger partial charge on any atom is -0.388 e. The van der Waals surface area contributed by atoms with Crippen molar-refractivity contribution >= 4 is 6.29 Å². The summed E-state index contributed by atoms with van der Waals surface area (Å²) in [5.74, 6) is 0.427. The predicted molar refractivity (Wildman–Crippen MR) is 45.3 cm³/mol. The Bertz CT molecular complexity index is 148. The van der Waals surface area contributed by atoms with Crippen LogP contribution in [0.25, 0.3) is 0 Å². The van der Waals surface area contributed by atoms with Crippen LogP contribution in [-0.4, -0.2) is 17.5 Å². The molecular weight excluding hydrogens is 140 g/mol. The van der Waals surface area contributed by atoms with Crippen LogP contribution in [0.15, 0.2) is 11.6 Å². The number of hydrogen-bond donors (Lipinski definition) is 1. The molecule has 0 bridgehead atoms. The van der Waals surface area contributed by atoms with Gasteiger partial charge in [0.15, 0.2) is 0 Å². The Kier molecular flexibility index (Phi) is 4.79. The van der Waals surface area contributed by atoms with E-state index in [0.29, 0.717) is 5.92 Å². The molecule has 2 nitrogen and oxygen atoms in total. The molecule has 1 N–H and O–H groups in total. The van der Waals surface area contributed by atoms with Gasteiger partial charge >= 0.3 is 0 Å². The Hall–Kier alpha value is -0.630. The maximum Gasteiger partial charge on any atom is 0.122 e. The van der Waals surface area contributed by atoms with Crippen LogP contribution in [-0.2, 0) is 4.79 Å². The van der Waals surface area contributed by atoms with E-state index in [1.54, 1.807) is 0 Å². The predicted octanol–water partition coefficient (Wildman–Crippen LogP) is 1.54. The minimum absolute atomic E-state index is 0.203. The van der Waals surface area contributed by atoms with Gasteiger partial charge < -0.3 is 9.90 Å². The molecule has 0 spiro atoms. The zero-order valence-electron chi connectivity index (χ0n) is 7.37. The largest absolute Gasteiger partial charge is 0.388 e. The van der Waals surface area contributed by atoms with E-state index in [2.05, 4.69) is 0 Å². The quantitative estimate of drug-likeness (QED) is 0.495. The minimum atomic E-state index is -0.588. The number of carbonyl (C=O) groups is 1. The lowest BCUT2D eigenvalue weighted by molar-refractivity contribution is -0.109. The molecule has 0 saturated carbocycles. The summed E-state index contributed by atoms with van der Waals surface area (Å²) in [6.45, 7) is 5.92. The molecule has 2 heteroatoms. The Balaban J connectivity index is 3.99. The van der Waals surface area contributed by atoms with Crippen LogP contribution >= 0.6 is 0 Å². The number of aliphatic hydroxyl groups excluding tert-OH is 1. The second-order valence-corrected chi connectivity index (χ2v) is 3.07. The van der Waals surface area contributed by atoms with Gasteiger partial charge in [0.05, 0.1) is 6.10 Å². The van der Waals surface area contributed by atoms with E-state index in [-0.39, 0.29) is 6.42 Å². The van der Waals surface area contributed by atoms with E-state index in [4.69, 9.17) is 0 Å². The molecule has 1 atom stereocenters. The summed E-state index contributed by atoms with van der Waals surface area (Å²) in [6.07, 6.45) is 2.32. The zero-order chi connectivity index (χ0) is 8.85. The molecule has 64 valence electrons. The number of hydrogen-bond acceptors (Lipinski definition) is 2. The fourth-order valence-corrected chi connectivity index (χ4v) is 0.914. The highest BCUT2D eigenvalue weighted by Gasteiger charge is 2.04. The van der Waals surface area contributed by atoms with Gasteiger partial charge in [0, 0.05) is 6.42 Å². The van der Waals surface area contributed by atoms with Gasteiger partial charge in [0.1, 0.15) is 6.29 Å². The summed E-state index contributed by atoms with van der Waals surface area (Å²) in [6, 6.07) is 0. The first-order valence-electron chi connectivity index (χ1n) is 3.88. The molecule has 0 aliphatic heterocycles. The molecule has 0 heterocycles. The second-order valence-electron chi connectivity index (χ2n) is 3.07. The van der Waals surface area contributed by atoms with E-state index < -0.39 is 6.10 Å². The van der Waals surface area contributed by atoms with Crippen molar-refractivity contribution in [2.24, 2.45) is 5.92 Å². The van der Waals surface area contributed by atoms with E-state index in [9.17, 15) is 9.90 Å². The highest BCUT2D eigenvalue weighted by atomic mass is 16.3. The maximum absolute atomic E-state index is 10.0. The molecule has 0 fully saturated rings. The third-order valence-electron chi connectivity index (χ3n) is 1.44. The summed E-state index contributed by atoms with van der Waals surface area (Å²) in [5.41, 5.74) is 0.882. The third-order valence-corrected chi connectivity index (χ3v) is 1.44. The summed E-state index contributed by atoms with van der Waals surface area (Å²) < 4.78 is 0. The van der Waals surface area contributed by atoms with Crippen LogP contribution in [0.5, 0.6) is 0 Å². The molecule has 0 radical (unpaired) electrons. The highest BCUT2D eigenvalue weighted by molar-refractivity contribution is 5.51. The first-order valence-corrected chi connectivity index (χ1v) is 3.88. The standard InChI is InChI=1S/C9H16O2/c1-7(2)6-8(3)9(11)4-5-10/h5-7,9,11H,4H2,1-3H3.